The van der Waals surface area contributed by atoms with Gasteiger partial charge < -0.3 is 14.9 Å². The molecule has 1 aromatic carbocycles. The standard InChI is InChI=1S/C22H19ClF4N4OS2/c1-11-17(20-18(24)6-16(8-28-20)31-9-12(10-31)22(25,26)27)7-19(34-11)21(32)29-14-3-13(23)4-15(5-14)30-33-2/h3-8,12,30H,9-10H2,1-2H3,(H,29,32). The van der Waals surface area contributed by atoms with Crippen LogP contribution in [-0.4, -0.2) is 36.4 Å². The number of nitrogens with zero attached hydrogens (tertiary/aromatic N) is 2. The van der Waals surface area contributed by atoms with Crippen LogP contribution in [0, 0.1) is 18.7 Å². The van der Waals surface area contributed by atoms with Crippen molar-refractivity contribution in [2.24, 2.45) is 5.92 Å². The summed E-state index contributed by atoms with van der Waals surface area (Å²) in [5.41, 5.74) is 2.02. The van der Waals surface area contributed by atoms with Gasteiger partial charge in [-0.1, -0.05) is 23.5 Å². The maximum absolute atomic E-state index is 14.9. The van der Waals surface area contributed by atoms with E-state index in [1.54, 1.807) is 31.2 Å². The fraction of sp³-hybridized carbons (Fsp3) is 0.273. The van der Waals surface area contributed by atoms with Crippen LogP contribution in [0.2, 0.25) is 5.02 Å². The largest absolute Gasteiger partial charge is 0.395 e. The van der Waals surface area contributed by atoms with Crippen molar-refractivity contribution in [1.29, 1.82) is 0 Å². The van der Waals surface area contributed by atoms with Crippen LogP contribution in [-0.2, 0) is 0 Å². The number of thiophene rings is 1. The highest BCUT2D eigenvalue weighted by Gasteiger charge is 2.47. The molecule has 1 fully saturated rings. The molecule has 180 valence electrons. The number of carbonyl (C=O) groups excluding carboxylic acids is 1. The summed E-state index contributed by atoms with van der Waals surface area (Å²) < 4.78 is 56.1. The van der Waals surface area contributed by atoms with E-state index in [9.17, 15) is 22.4 Å². The molecule has 2 N–H and O–H groups in total. The average Bonchev–Trinajstić information content (AvgIpc) is 3.07. The molecule has 0 unspecified atom stereocenters. The molecular formula is C22H19ClF4N4OS2. The topological polar surface area (TPSA) is 57.3 Å². The zero-order valence-electron chi connectivity index (χ0n) is 18.0. The Labute approximate surface area is 206 Å². The van der Waals surface area contributed by atoms with Gasteiger partial charge >= 0.3 is 6.18 Å². The molecule has 4 rings (SSSR count). The number of pyridine rings is 1. The first kappa shape index (κ1) is 24.6. The van der Waals surface area contributed by atoms with E-state index in [-0.39, 0.29) is 24.7 Å². The van der Waals surface area contributed by atoms with Crippen LogP contribution in [0.3, 0.4) is 0 Å². The van der Waals surface area contributed by atoms with E-state index >= 15 is 0 Å². The first-order valence-electron chi connectivity index (χ1n) is 10.0. The number of carbonyl (C=O) groups is 1. The Bertz CT molecular complexity index is 1230. The SMILES string of the molecule is CSNc1cc(Cl)cc(NC(=O)c2cc(-c3ncc(N4CC(C(F)(F)F)C4)cc3F)c(C)s2)c1. The molecular weight excluding hydrogens is 512 g/mol. The van der Waals surface area contributed by atoms with Crippen LogP contribution in [0.4, 0.5) is 34.6 Å². The predicted octanol–water partition coefficient (Wildman–Crippen LogP) is 6.85. The van der Waals surface area contributed by atoms with Gasteiger partial charge in [-0.3, -0.25) is 9.78 Å². The minimum Gasteiger partial charge on any atom is -0.369 e. The van der Waals surface area contributed by atoms with Gasteiger partial charge in [0.1, 0.15) is 5.69 Å². The molecule has 1 amide bonds. The normalized spacial score (nSPS) is 14.1. The second kappa shape index (κ2) is 9.63. The summed E-state index contributed by atoms with van der Waals surface area (Å²) in [6.45, 7) is 1.31. The third-order valence-electron chi connectivity index (χ3n) is 5.31. The minimum atomic E-state index is -4.26. The van der Waals surface area contributed by atoms with E-state index < -0.39 is 17.9 Å². The maximum Gasteiger partial charge on any atom is 0.395 e. The molecule has 0 bridgehead atoms. The average molecular weight is 531 g/mol. The lowest BCUT2D eigenvalue weighted by molar-refractivity contribution is -0.180. The summed E-state index contributed by atoms with van der Waals surface area (Å²) >= 11 is 8.69. The van der Waals surface area contributed by atoms with Crippen LogP contribution in [0.5, 0.6) is 0 Å². The fourth-order valence-electron chi connectivity index (χ4n) is 3.56. The molecule has 0 spiro atoms. The summed E-state index contributed by atoms with van der Waals surface area (Å²) in [5, 5.41) is 3.24. The smallest absolute Gasteiger partial charge is 0.369 e. The summed E-state index contributed by atoms with van der Waals surface area (Å²) in [5.74, 6) is -2.46. The molecule has 0 atom stereocenters. The lowest BCUT2D eigenvalue weighted by atomic mass is 9.99. The minimum absolute atomic E-state index is 0.0404. The molecule has 1 aliphatic rings. The zero-order chi connectivity index (χ0) is 24.6. The highest BCUT2D eigenvalue weighted by molar-refractivity contribution is 7.99. The Morgan fingerprint density at radius 2 is 1.91 bits per heavy atom. The molecule has 12 heteroatoms. The Kier molecular flexibility index (Phi) is 6.97. The van der Waals surface area contributed by atoms with E-state index in [0.717, 1.165) is 5.69 Å². The number of hydrogen-bond acceptors (Lipinski definition) is 6. The molecule has 3 heterocycles. The van der Waals surface area contributed by atoms with E-state index in [1.165, 1.54) is 40.4 Å². The first-order chi connectivity index (χ1) is 16.0. The van der Waals surface area contributed by atoms with Gasteiger partial charge in [-0.2, -0.15) is 13.2 Å². The first-order valence-corrected chi connectivity index (χ1v) is 12.5. The second-order valence-electron chi connectivity index (χ2n) is 7.74. The monoisotopic (exact) mass is 530 g/mol. The number of aromatic nitrogens is 1. The fourth-order valence-corrected chi connectivity index (χ4v) is 5.06. The molecule has 0 saturated carbocycles. The number of halogens is 5. The van der Waals surface area contributed by atoms with Crippen molar-refractivity contribution in [3.05, 3.63) is 57.1 Å². The summed E-state index contributed by atoms with van der Waals surface area (Å²) in [6, 6.07) is 7.81. The number of hydrogen-bond donors (Lipinski definition) is 2. The van der Waals surface area contributed by atoms with Crippen LogP contribution in [0.15, 0.2) is 36.5 Å². The highest BCUT2D eigenvalue weighted by atomic mass is 35.5. The second-order valence-corrected chi connectivity index (χ2v) is 10.0. The van der Waals surface area contributed by atoms with Crippen LogP contribution < -0.4 is 14.9 Å². The summed E-state index contributed by atoms with van der Waals surface area (Å²) in [7, 11) is 0. The number of rotatable bonds is 6. The number of nitrogens with one attached hydrogen (secondary N) is 2. The molecule has 3 aromatic rings. The van der Waals surface area contributed by atoms with E-state index in [4.69, 9.17) is 11.6 Å². The van der Waals surface area contributed by atoms with Crippen LogP contribution in [0.1, 0.15) is 14.5 Å². The third-order valence-corrected chi connectivity index (χ3v) is 7.02. The highest BCUT2D eigenvalue weighted by Crippen LogP contribution is 2.38. The van der Waals surface area contributed by atoms with Crippen molar-refractivity contribution in [1.82, 2.24) is 4.98 Å². The molecule has 34 heavy (non-hydrogen) atoms. The van der Waals surface area contributed by atoms with Crippen molar-refractivity contribution < 1.29 is 22.4 Å². The molecule has 0 radical (unpaired) electrons. The number of aryl methyl sites for hydroxylation is 1. The number of alkyl halides is 3. The van der Waals surface area contributed by atoms with E-state index in [2.05, 4.69) is 15.0 Å². The van der Waals surface area contributed by atoms with Gasteiger partial charge in [0, 0.05) is 52.2 Å². The number of benzene rings is 1. The van der Waals surface area contributed by atoms with E-state index in [0.29, 0.717) is 31.7 Å². The summed E-state index contributed by atoms with van der Waals surface area (Å²) in [6.07, 6.45) is -1.04. The van der Waals surface area contributed by atoms with Crippen molar-refractivity contribution >= 4 is 57.9 Å². The van der Waals surface area contributed by atoms with Gasteiger partial charge in [-0.05, 0) is 31.2 Å². The maximum atomic E-state index is 14.9. The Morgan fingerprint density at radius 3 is 2.56 bits per heavy atom. The predicted molar refractivity (Wildman–Crippen MR) is 131 cm³/mol. The molecule has 2 aromatic heterocycles. The van der Waals surface area contributed by atoms with E-state index in [1.807, 2.05) is 6.26 Å². The number of amides is 1. The third kappa shape index (κ3) is 5.26. The number of anilines is 3. The Hall–Kier alpha value is -2.50. The van der Waals surface area contributed by atoms with Crippen molar-refractivity contribution in [2.45, 2.75) is 13.1 Å². The van der Waals surface area contributed by atoms with Crippen molar-refractivity contribution in [2.75, 3.05) is 34.3 Å². The molecule has 1 saturated heterocycles. The van der Waals surface area contributed by atoms with Gasteiger partial charge in [-0.15, -0.1) is 11.3 Å². The molecule has 5 nitrogen and oxygen atoms in total. The molecule has 0 aliphatic carbocycles. The van der Waals surface area contributed by atoms with Gasteiger partial charge in [0.25, 0.3) is 5.91 Å². The lowest BCUT2D eigenvalue weighted by Gasteiger charge is -2.41. The van der Waals surface area contributed by atoms with Gasteiger partial charge in [0.2, 0.25) is 0 Å². The zero-order valence-corrected chi connectivity index (χ0v) is 20.4. The van der Waals surface area contributed by atoms with Crippen LogP contribution in [0.25, 0.3) is 11.3 Å². The van der Waals surface area contributed by atoms with Gasteiger partial charge in [-0.25, -0.2) is 4.39 Å². The van der Waals surface area contributed by atoms with Gasteiger partial charge in [0.05, 0.1) is 22.7 Å². The summed E-state index contributed by atoms with van der Waals surface area (Å²) in [4.78, 5) is 19.4. The molecule has 1 aliphatic heterocycles. The van der Waals surface area contributed by atoms with Crippen molar-refractivity contribution in [3.8, 4) is 11.3 Å². The lowest BCUT2D eigenvalue weighted by Crippen LogP contribution is -2.53. The Morgan fingerprint density at radius 1 is 1.21 bits per heavy atom. The Balaban J connectivity index is 1.50. The van der Waals surface area contributed by atoms with Gasteiger partial charge in [0.15, 0.2) is 5.82 Å². The van der Waals surface area contributed by atoms with Crippen molar-refractivity contribution in [3.63, 3.8) is 0 Å². The van der Waals surface area contributed by atoms with Crippen LogP contribution >= 0.6 is 34.9 Å². The quantitative estimate of drug-likeness (QED) is 0.269.